The van der Waals surface area contributed by atoms with Crippen molar-refractivity contribution in [3.8, 4) is 0 Å². The summed E-state index contributed by atoms with van der Waals surface area (Å²) < 4.78 is 0. The first-order valence-electron chi connectivity index (χ1n) is 5.91. The van der Waals surface area contributed by atoms with Gasteiger partial charge in [-0.3, -0.25) is 0 Å². The third kappa shape index (κ3) is 3.89. The SMILES string of the molecule is CCN(CC)C(=S)Nc1ccc(N(C)C)cc1. The fraction of sp³-hybridized carbons (Fsp3) is 0.462. The molecule has 3 nitrogen and oxygen atoms in total. The quantitative estimate of drug-likeness (QED) is 0.829. The zero-order chi connectivity index (χ0) is 12.8. The molecular formula is C13H21N3S. The van der Waals surface area contributed by atoms with E-state index in [0.717, 1.165) is 23.9 Å². The highest BCUT2D eigenvalue weighted by Gasteiger charge is 2.05. The van der Waals surface area contributed by atoms with Crippen LogP contribution in [-0.2, 0) is 0 Å². The molecule has 0 saturated carbocycles. The molecule has 0 fully saturated rings. The third-order valence-corrected chi connectivity index (χ3v) is 3.05. The smallest absolute Gasteiger partial charge is 0.173 e. The molecule has 0 aliphatic rings. The number of benzene rings is 1. The standard InChI is InChI=1S/C13H21N3S/c1-5-16(6-2)13(17)14-11-7-9-12(10-8-11)15(3)4/h7-10H,5-6H2,1-4H3,(H,14,17). The van der Waals surface area contributed by atoms with Crippen LogP contribution < -0.4 is 10.2 Å². The van der Waals surface area contributed by atoms with E-state index in [2.05, 4.69) is 41.1 Å². The van der Waals surface area contributed by atoms with Crippen molar-refractivity contribution in [3.05, 3.63) is 24.3 Å². The highest BCUT2D eigenvalue weighted by Crippen LogP contribution is 2.16. The van der Waals surface area contributed by atoms with Gasteiger partial charge in [-0.2, -0.15) is 0 Å². The van der Waals surface area contributed by atoms with Crippen molar-refractivity contribution in [2.24, 2.45) is 0 Å². The first-order valence-corrected chi connectivity index (χ1v) is 6.32. The molecule has 1 aromatic carbocycles. The maximum absolute atomic E-state index is 5.34. The number of nitrogens with zero attached hydrogens (tertiary/aromatic N) is 2. The molecule has 0 amide bonds. The van der Waals surface area contributed by atoms with Gasteiger partial charge < -0.3 is 15.1 Å². The predicted octanol–water partition coefficient (Wildman–Crippen LogP) is 2.79. The molecular weight excluding hydrogens is 230 g/mol. The molecule has 94 valence electrons. The molecule has 1 rings (SSSR count). The van der Waals surface area contributed by atoms with E-state index in [1.54, 1.807) is 0 Å². The van der Waals surface area contributed by atoms with Crippen LogP contribution in [0.4, 0.5) is 11.4 Å². The van der Waals surface area contributed by atoms with Gasteiger partial charge in [0.1, 0.15) is 0 Å². The van der Waals surface area contributed by atoms with Gasteiger partial charge >= 0.3 is 0 Å². The maximum atomic E-state index is 5.34. The van der Waals surface area contributed by atoms with Gasteiger partial charge in [-0.1, -0.05) is 0 Å². The van der Waals surface area contributed by atoms with E-state index in [-0.39, 0.29) is 0 Å². The van der Waals surface area contributed by atoms with Crippen LogP contribution in [0.15, 0.2) is 24.3 Å². The van der Waals surface area contributed by atoms with Gasteiger partial charge in [0.05, 0.1) is 0 Å². The zero-order valence-electron chi connectivity index (χ0n) is 11.0. The van der Waals surface area contributed by atoms with Gasteiger partial charge in [0, 0.05) is 38.6 Å². The molecule has 0 bridgehead atoms. The molecule has 0 aliphatic carbocycles. The fourth-order valence-electron chi connectivity index (χ4n) is 1.56. The number of nitrogens with one attached hydrogen (secondary N) is 1. The molecule has 0 heterocycles. The molecule has 4 heteroatoms. The van der Waals surface area contributed by atoms with Crippen molar-refractivity contribution in [2.75, 3.05) is 37.4 Å². The van der Waals surface area contributed by atoms with Crippen LogP contribution in [0, 0.1) is 0 Å². The lowest BCUT2D eigenvalue weighted by Crippen LogP contribution is -2.34. The van der Waals surface area contributed by atoms with Gasteiger partial charge in [0.15, 0.2) is 5.11 Å². The van der Waals surface area contributed by atoms with Crippen molar-refractivity contribution >= 4 is 28.7 Å². The highest BCUT2D eigenvalue weighted by molar-refractivity contribution is 7.80. The summed E-state index contributed by atoms with van der Waals surface area (Å²) in [5.41, 5.74) is 2.22. The van der Waals surface area contributed by atoms with Gasteiger partial charge in [0.25, 0.3) is 0 Å². The van der Waals surface area contributed by atoms with E-state index >= 15 is 0 Å². The lowest BCUT2D eigenvalue weighted by molar-refractivity contribution is 0.473. The predicted molar refractivity (Wildman–Crippen MR) is 79.9 cm³/mol. The molecule has 0 spiro atoms. The molecule has 0 saturated heterocycles. The van der Waals surface area contributed by atoms with Crippen LogP contribution in [0.3, 0.4) is 0 Å². The number of hydrogen-bond acceptors (Lipinski definition) is 2. The number of anilines is 2. The van der Waals surface area contributed by atoms with Crippen molar-refractivity contribution < 1.29 is 0 Å². The Kier molecular flexibility index (Phi) is 5.22. The first-order chi connectivity index (χ1) is 8.08. The van der Waals surface area contributed by atoms with Crippen LogP contribution in [-0.4, -0.2) is 37.2 Å². The Morgan fingerprint density at radius 2 is 1.65 bits per heavy atom. The molecule has 0 unspecified atom stereocenters. The summed E-state index contributed by atoms with van der Waals surface area (Å²) >= 11 is 5.34. The average Bonchev–Trinajstić information content (AvgIpc) is 2.31. The minimum absolute atomic E-state index is 0.785. The monoisotopic (exact) mass is 251 g/mol. The van der Waals surface area contributed by atoms with Gasteiger partial charge in [-0.25, -0.2) is 0 Å². The second-order valence-corrected chi connectivity index (χ2v) is 4.43. The van der Waals surface area contributed by atoms with Crippen molar-refractivity contribution in [1.29, 1.82) is 0 Å². The van der Waals surface area contributed by atoms with Crippen molar-refractivity contribution in [2.45, 2.75) is 13.8 Å². The second-order valence-electron chi connectivity index (χ2n) is 4.04. The van der Waals surface area contributed by atoms with E-state index in [4.69, 9.17) is 12.2 Å². The molecule has 0 radical (unpaired) electrons. The zero-order valence-corrected chi connectivity index (χ0v) is 11.8. The van der Waals surface area contributed by atoms with Crippen molar-refractivity contribution in [3.63, 3.8) is 0 Å². The lowest BCUT2D eigenvalue weighted by Gasteiger charge is -2.22. The molecule has 0 aromatic heterocycles. The average molecular weight is 251 g/mol. The summed E-state index contributed by atoms with van der Waals surface area (Å²) in [6, 6.07) is 8.25. The summed E-state index contributed by atoms with van der Waals surface area (Å²) in [6.07, 6.45) is 0. The van der Waals surface area contributed by atoms with Crippen LogP contribution in [0.25, 0.3) is 0 Å². The Balaban J connectivity index is 2.66. The summed E-state index contributed by atoms with van der Waals surface area (Å²) in [5.74, 6) is 0. The number of rotatable bonds is 4. The Morgan fingerprint density at radius 1 is 1.12 bits per heavy atom. The largest absolute Gasteiger partial charge is 0.378 e. The molecule has 1 N–H and O–H groups in total. The maximum Gasteiger partial charge on any atom is 0.173 e. The van der Waals surface area contributed by atoms with Crippen LogP contribution in [0.5, 0.6) is 0 Å². The Hall–Kier alpha value is -1.29. The summed E-state index contributed by atoms with van der Waals surface area (Å²) in [6.45, 7) is 6.06. The van der Waals surface area contributed by atoms with Crippen LogP contribution in [0.2, 0.25) is 0 Å². The second kappa shape index (κ2) is 6.45. The molecule has 0 aliphatic heterocycles. The molecule has 1 aromatic rings. The summed E-state index contributed by atoms with van der Waals surface area (Å²) in [4.78, 5) is 4.20. The minimum Gasteiger partial charge on any atom is -0.378 e. The number of hydrogen-bond donors (Lipinski definition) is 1. The lowest BCUT2D eigenvalue weighted by atomic mass is 10.2. The van der Waals surface area contributed by atoms with Crippen LogP contribution in [0.1, 0.15) is 13.8 Å². The van der Waals surface area contributed by atoms with Gasteiger partial charge in [-0.05, 0) is 50.3 Å². The third-order valence-electron chi connectivity index (χ3n) is 2.69. The topological polar surface area (TPSA) is 18.5 Å². The normalized spacial score (nSPS) is 9.88. The molecule has 17 heavy (non-hydrogen) atoms. The Morgan fingerprint density at radius 3 is 2.06 bits per heavy atom. The van der Waals surface area contributed by atoms with E-state index in [1.165, 1.54) is 5.69 Å². The highest BCUT2D eigenvalue weighted by atomic mass is 32.1. The fourth-order valence-corrected chi connectivity index (χ4v) is 1.93. The minimum atomic E-state index is 0.785. The van der Waals surface area contributed by atoms with E-state index in [1.807, 2.05) is 26.2 Å². The van der Waals surface area contributed by atoms with E-state index in [9.17, 15) is 0 Å². The molecule has 0 atom stereocenters. The van der Waals surface area contributed by atoms with E-state index < -0.39 is 0 Å². The first kappa shape index (κ1) is 13.8. The van der Waals surface area contributed by atoms with Gasteiger partial charge in [-0.15, -0.1) is 0 Å². The Bertz CT molecular complexity index is 355. The van der Waals surface area contributed by atoms with Crippen molar-refractivity contribution in [1.82, 2.24) is 4.90 Å². The summed E-state index contributed by atoms with van der Waals surface area (Å²) in [5, 5.41) is 4.03. The van der Waals surface area contributed by atoms with E-state index in [0.29, 0.717) is 0 Å². The van der Waals surface area contributed by atoms with Crippen LogP contribution >= 0.6 is 12.2 Å². The van der Waals surface area contributed by atoms with Gasteiger partial charge in [0.2, 0.25) is 0 Å². The number of thiocarbonyl (C=S) groups is 1. The Labute approximate surface area is 109 Å². The summed E-state index contributed by atoms with van der Waals surface area (Å²) in [7, 11) is 4.06.